The molecule has 1 N–H and O–H groups in total. The van der Waals surface area contributed by atoms with Crippen LogP contribution in [0.2, 0.25) is 0 Å². The molecule has 0 aliphatic carbocycles. The lowest BCUT2D eigenvalue weighted by atomic mass is 10.1. The molecule has 1 aromatic rings. The molecule has 0 aromatic carbocycles. The minimum absolute atomic E-state index is 0.224. The van der Waals surface area contributed by atoms with Crippen LogP contribution < -0.4 is 10.2 Å². The van der Waals surface area contributed by atoms with Gasteiger partial charge in [0.15, 0.2) is 0 Å². The molecule has 0 radical (unpaired) electrons. The quantitative estimate of drug-likeness (QED) is 0.868. The van der Waals surface area contributed by atoms with Crippen molar-refractivity contribution in [1.29, 1.82) is 0 Å². The molecule has 0 saturated carbocycles. The number of nitrogens with zero attached hydrogens (tertiary/aromatic N) is 2. The summed E-state index contributed by atoms with van der Waals surface area (Å²) in [5, 5.41) is 3.59. The van der Waals surface area contributed by atoms with Crippen molar-refractivity contribution in [2.24, 2.45) is 5.92 Å². The van der Waals surface area contributed by atoms with E-state index in [1.807, 2.05) is 18.5 Å². The molecule has 1 aliphatic rings. The smallest absolute Gasteiger partial charge is 0.0552 e. The largest absolute Gasteiger partial charge is 0.370 e. The van der Waals surface area contributed by atoms with E-state index in [0.29, 0.717) is 0 Å². The molecule has 2 rings (SSSR count). The van der Waals surface area contributed by atoms with E-state index in [2.05, 4.69) is 42.0 Å². The molecule has 0 amide bonds. The van der Waals surface area contributed by atoms with E-state index in [1.54, 1.807) is 0 Å². The van der Waals surface area contributed by atoms with Crippen LogP contribution in [0.3, 0.4) is 0 Å². The van der Waals surface area contributed by atoms with E-state index in [-0.39, 0.29) is 5.54 Å². The summed E-state index contributed by atoms with van der Waals surface area (Å²) in [6.07, 6.45) is 5.07. The molecule has 1 aromatic heterocycles. The number of hydrogen-bond acceptors (Lipinski definition) is 3. The van der Waals surface area contributed by atoms with Gasteiger partial charge in [-0.2, -0.15) is 0 Å². The number of hydrogen-bond donors (Lipinski definition) is 1. The van der Waals surface area contributed by atoms with Crippen LogP contribution in [0.5, 0.6) is 0 Å². The van der Waals surface area contributed by atoms with Crippen LogP contribution in [-0.2, 0) is 0 Å². The van der Waals surface area contributed by atoms with Gasteiger partial charge in [0.05, 0.1) is 11.9 Å². The normalized spacial score (nSPS) is 20.9. The second kappa shape index (κ2) is 5.05. The van der Waals surface area contributed by atoms with Crippen LogP contribution in [-0.4, -0.2) is 30.2 Å². The Bertz CT molecular complexity index is 342. The van der Waals surface area contributed by atoms with Crippen molar-refractivity contribution in [1.82, 2.24) is 10.3 Å². The molecule has 0 bridgehead atoms. The van der Waals surface area contributed by atoms with E-state index >= 15 is 0 Å². The zero-order chi connectivity index (χ0) is 12.3. The first kappa shape index (κ1) is 12.4. The summed E-state index contributed by atoms with van der Waals surface area (Å²) < 4.78 is 0. The first-order valence-electron chi connectivity index (χ1n) is 6.44. The minimum Gasteiger partial charge on any atom is -0.370 e. The van der Waals surface area contributed by atoms with Crippen LogP contribution >= 0.6 is 0 Å². The monoisotopic (exact) mass is 233 g/mol. The fourth-order valence-corrected chi connectivity index (χ4v) is 2.23. The molecule has 1 fully saturated rings. The molecule has 17 heavy (non-hydrogen) atoms. The lowest BCUT2D eigenvalue weighted by Crippen LogP contribution is -2.39. The molecule has 3 heteroatoms. The van der Waals surface area contributed by atoms with Gasteiger partial charge in [0.1, 0.15) is 0 Å². The lowest BCUT2D eigenvalue weighted by molar-refractivity contribution is 0.383. The van der Waals surface area contributed by atoms with Crippen molar-refractivity contribution in [3.8, 4) is 0 Å². The minimum atomic E-state index is 0.224. The number of rotatable bonds is 3. The Hall–Kier alpha value is -1.09. The molecule has 1 unspecified atom stereocenters. The lowest BCUT2D eigenvalue weighted by Gasteiger charge is -2.23. The highest BCUT2D eigenvalue weighted by molar-refractivity contribution is 5.44. The fraction of sp³-hybridized carbons (Fsp3) is 0.643. The molecule has 3 nitrogen and oxygen atoms in total. The summed E-state index contributed by atoms with van der Waals surface area (Å²) >= 11 is 0. The van der Waals surface area contributed by atoms with Gasteiger partial charge in [0.25, 0.3) is 0 Å². The maximum Gasteiger partial charge on any atom is 0.0552 e. The van der Waals surface area contributed by atoms with Crippen LogP contribution in [0.25, 0.3) is 0 Å². The Balaban J connectivity index is 1.84. The maximum absolute atomic E-state index is 4.18. The summed E-state index contributed by atoms with van der Waals surface area (Å²) in [7, 11) is 0. The van der Waals surface area contributed by atoms with E-state index in [0.717, 1.165) is 25.6 Å². The summed E-state index contributed by atoms with van der Waals surface area (Å²) in [5.74, 6) is 0.759. The Labute approximate surface area is 104 Å². The summed E-state index contributed by atoms with van der Waals surface area (Å²) in [6, 6.07) is 4.16. The van der Waals surface area contributed by atoms with Gasteiger partial charge in [0.2, 0.25) is 0 Å². The van der Waals surface area contributed by atoms with Gasteiger partial charge < -0.3 is 10.2 Å². The molecule has 94 valence electrons. The second-order valence-corrected chi connectivity index (χ2v) is 5.94. The van der Waals surface area contributed by atoms with Gasteiger partial charge in [-0.1, -0.05) is 0 Å². The van der Waals surface area contributed by atoms with Crippen molar-refractivity contribution >= 4 is 5.69 Å². The van der Waals surface area contributed by atoms with Crippen molar-refractivity contribution in [2.75, 3.05) is 24.5 Å². The standard InChI is InChI=1S/C14H23N3/c1-14(2,3)16-9-12-6-8-17(11-12)13-5-4-7-15-10-13/h4-5,7,10,12,16H,6,8-9,11H2,1-3H3. The Morgan fingerprint density at radius 3 is 2.94 bits per heavy atom. The highest BCUT2D eigenvalue weighted by atomic mass is 15.2. The zero-order valence-electron chi connectivity index (χ0n) is 11.1. The Morgan fingerprint density at radius 1 is 1.47 bits per heavy atom. The van der Waals surface area contributed by atoms with E-state index in [9.17, 15) is 0 Å². The van der Waals surface area contributed by atoms with Gasteiger partial charge in [-0.3, -0.25) is 4.98 Å². The second-order valence-electron chi connectivity index (χ2n) is 5.94. The van der Waals surface area contributed by atoms with Crippen molar-refractivity contribution in [3.05, 3.63) is 24.5 Å². The van der Waals surface area contributed by atoms with Crippen LogP contribution in [0.4, 0.5) is 5.69 Å². The number of nitrogens with one attached hydrogen (secondary N) is 1. The fourth-order valence-electron chi connectivity index (χ4n) is 2.23. The highest BCUT2D eigenvalue weighted by Crippen LogP contribution is 2.22. The first-order valence-corrected chi connectivity index (χ1v) is 6.44. The summed E-state index contributed by atoms with van der Waals surface area (Å²) in [6.45, 7) is 10.1. The zero-order valence-corrected chi connectivity index (χ0v) is 11.1. The number of aromatic nitrogens is 1. The van der Waals surface area contributed by atoms with Crippen molar-refractivity contribution < 1.29 is 0 Å². The molecule has 1 saturated heterocycles. The van der Waals surface area contributed by atoms with E-state index in [4.69, 9.17) is 0 Å². The first-order chi connectivity index (χ1) is 8.04. The SMILES string of the molecule is CC(C)(C)NCC1CCN(c2cccnc2)C1. The van der Waals surface area contributed by atoms with Gasteiger partial charge in [-0.25, -0.2) is 0 Å². The molecule has 0 spiro atoms. The number of pyridine rings is 1. The molecular weight excluding hydrogens is 210 g/mol. The predicted molar refractivity (Wildman–Crippen MR) is 72.3 cm³/mol. The third-order valence-corrected chi connectivity index (χ3v) is 3.22. The summed E-state index contributed by atoms with van der Waals surface area (Å²) in [4.78, 5) is 6.61. The molecule has 1 atom stereocenters. The Morgan fingerprint density at radius 2 is 2.29 bits per heavy atom. The highest BCUT2D eigenvalue weighted by Gasteiger charge is 2.23. The molecule has 2 heterocycles. The third-order valence-electron chi connectivity index (χ3n) is 3.22. The number of anilines is 1. The van der Waals surface area contributed by atoms with Crippen molar-refractivity contribution in [3.63, 3.8) is 0 Å². The van der Waals surface area contributed by atoms with Gasteiger partial charge >= 0.3 is 0 Å². The van der Waals surface area contributed by atoms with Gasteiger partial charge in [-0.05, 0) is 45.2 Å². The average Bonchev–Trinajstić information content (AvgIpc) is 2.75. The van der Waals surface area contributed by atoms with Gasteiger partial charge in [0, 0.05) is 31.4 Å². The van der Waals surface area contributed by atoms with E-state index < -0.39 is 0 Å². The third kappa shape index (κ3) is 3.70. The predicted octanol–water partition coefficient (Wildman–Crippen LogP) is 2.30. The maximum atomic E-state index is 4.18. The van der Waals surface area contributed by atoms with Crippen LogP contribution in [0, 0.1) is 5.92 Å². The van der Waals surface area contributed by atoms with Gasteiger partial charge in [-0.15, -0.1) is 0 Å². The molecular formula is C14H23N3. The van der Waals surface area contributed by atoms with Crippen molar-refractivity contribution in [2.45, 2.75) is 32.7 Å². The average molecular weight is 233 g/mol. The van der Waals surface area contributed by atoms with Crippen LogP contribution in [0.1, 0.15) is 27.2 Å². The topological polar surface area (TPSA) is 28.2 Å². The van der Waals surface area contributed by atoms with E-state index in [1.165, 1.54) is 12.1 Å². The Kier molecular flexibility index (Phi) is 3.67. The van der Waals surface area contributed by atoms with Crippen LogP contribution in [0.15, 0.2) is 24.5 Å². The molecule has 1 aliphatic heterocycles. The summed E-state index contributed by atoms with van der Waals surface area (Å²) in [5.41, 5.74) is 1.48.